The summed E-state index contributed by atoms with van der Waals surface area (Å²) in [6.45, 7) is 11.4. The summed E-state index contributed by atoms with van der Waals surface area (Å²) >= 11 is 4.16. The highest BCUT2D eigenvalue weighted by Gasteiger charge is 2.51. The third-order valence-corrected chi connectivity index (χ3v) is 14.7. The fourth-order valence-corrected chi connectivity index (χ4v) is 12.2. The van der Waals surface area contributed by atoms with E-state index in [0.717, 1.165) is 17.4 Å². The molecule has 0 bridgehead atoms. The van der Waals surface area contributed by atoms with Gasteiger partial charge in [0, 0.05) is 6.08 Å². The summed E-state index contributed by atoms with van der Waals surface area (Å²) in [5.41, 5.74) is 0. The topological polar surface area (TPSA) is 35.5 Å². The lowest BCUT2D eigenvalue weighted by atomic mass is 10.1. The Morgan fingerprint density at radius 1 is 0.878 bits per heavy atom. The average molecular weight is 611 g/mol. The van der Waals surface area contributed by atoms with Gasteiger partial charge in [-0.1, -0.05) is 132 Å². The minimum absolute atomic E-state index is 0.114. The van der Waals surface area contributed by atoms with Crippen molar-refractivity contribution in [2.24, 2.45) is 0 Å². The van der Waals surface area contributed by atoms with Gasteiger partial charge in [0.25, 0.3) is 8.32 Å². The van der Waals surface area contributed by atoms with E-state index in [0.29, 0.717) is 0 Å². The van der Waals surface area contributed by atoms with Crippen LogP contribution in [0, 0.1) is 0 Å². The van der Waals surface area contributed by atoms with Gasteiger partial charge in [-0.25, -0.2) is 4.79 Å². The van der Waals surface area contributed by atoms with Gasteiger partial charge in [-0.05, 0) is 52.6 Å². The van der Waals surface area contributed by atoms with Crippen LogP contribution in [-0.2, 0) is 14.0 Å². The maximum atomic E-state index is 11.6. The molecule has 0 spiro atoms. The van der Waals surface area contributed by atoms with Crippen molar-refractivity contribution in [2.75, 3.05) is 18.6 Å². The highest BCUT2D eigenvalue weighted by atomic mass is 32.2. The molecule has 0 amide bonds. The van der Waals surface area contributed by atoms with Crippen LogP contribution in [0.2, 0.25) is 5.04 Å². The van der Waals surface area contributed by atoms with Crippen LogP contribution in [-0.4, -0.2) is 43.6 Å². The number of esters is 1. The Morgan fingerprint density at radius 2 is 1.46 bits per heavy atom. The summed E-state index contributed by atoms with van der Waals surface area (Å²) in [5.74, 6) is 2.01. The van der Waals surface area contributed by atoms with Crippen LogP contribution < -0.4 is 10.4 Å². The van der Waals surface area contributed by atoms with Crippen molar-refractivity contribution in [3.8, 4) is 0 Å². The number of carbonyl (C=O) groups excluding carboxylic acids is 1. The fraction of sp³-hybridized carbons (Fsp3) is 0.457. The van der Waals surface area contributed by atoms with Crippen LogP contribution in [0.3, 0.4) is 0 Å². The molecule has 0 unspecified atom stereocenters. The minimum Gasteiger partial charge on any atom is -0.466 e. The van der Waals surface area contributed by atoms with Crippen LogP contribution in [0.1, 0.15) is 66.7 Å². The molecule has 0 aromatic heterocycles. The second-order valence-corrected chi connectivity index (χ2v) is 18.4. The second-order valence-electron chi connectivity index (χ2n) is 10.9. The lowest BCUT2D eigenvalue weighted by molar-refractivity contribution is -0.134. The molecule has 0 aliphatic rings. The van der Waals surface area contributed by atoms with Crippen molar-refractivity contribution in [3.63, 3.8) is 0 Å². The van der Waals surface area contributed by atoms with Gasteiger partial charge in [0.05, 0.1) is 17.8 Å². The second kappa shape index (κ2) is 19.2. The zero-order valence-corrected chi connectivity index (χ0v) is 28.5. The van der Waals surface area contributed by atoms with Crippen LogP contribution >= 0.6 is 23.5 Å². The summed E-state index contributed by atoms with van der Waals surface area (Å²) in [5, 5.41) is 2.41. The Balaban J connectivity index is 2.28. The zero-order chi connectivity index (χ0) is 30.0. The standard InChI is InChI=1S/C35H50O3S2Si/c1-7-39-34(40-8-2)29-19-11-9-10-14-22-30(23-20-21-28-33(36)37-6)38-41(35(3,4)5,31-24-15-12-16-25-31)32-26-17-13-18-27-32/h10,12-18,20-21,23-28,30,34H,7-9,11,19,22,29H2,1-6H3/b14-10-,23-20+,28-21+/t30-/m1/s1. The maximum Gasteiger partial charge on any atom is 0.330 e. The van der Waals surface area contributed by atoms with E-state index in [4.69, 9.17) is 9.16 Å². The molecule has 0 heterocycles. The molecule has 41 heavy (non-hydrogen) atoms. The highest BCUT2D eigenvalue weighted by molar-refractivity contribution is 8.16. The van der Waals surface area contributed by atoms with Crippen molar-refractivity contribution in [1.82, 2.24) is 0 Å². The average Bonchev–Trinajstić information content (AvgIpc) is 2.97. The first-order valence-corrected chi connectivity index (χ1v) is 18.9. The number of unbranched alkanes of at least 4 members (excludes halogenated alkanes) is 2. The Bertz CT molecular complexity index is 1030. The molecule has 0 saturated heterocycles. The van der Waals surface area contributed by atoms with Crippen molar-refractivity contribution in [3.05, 3.63) is 97.1 Å². The number of carbonyl (C=O) groups is 1. The molecular formula is C35H50O3S2Si. The first-order valence-electron chi connectivity index (χ1n) is 14.9. The first-order chi connectivity index (χ1) is 19.8. The van der Waals surface area contributed by atoms with Gasteiger partial charge in [0.15, 0.2) is 0 Å². The molecule has 2 rings (SSSR count). The summed E-state index contributed by atoms with van der Waals surface area (Å²) in [6.07, 6.45) is 17.2. The molecule has 224 valence electrons. The quantitative estimate of drug-likeness (QED) is 0.0321. The molecule has 0 radical (unpaired) electrons. The van der Waals surface area contributed by atoms with Gasteiger partial charge in [0.2, 0.25) is 0 Å². The lowest BCUT2D eigenvalue weighted by Gasteiger charge is -2.44. The van der Waals surface area contributed by atoms with E-state index in [2.05, 4.69) is 137 Å². The van der Waals surface area contributed by atoms with Gasteiger partial charge in [-0.3, -0.25) is 0 Å². The molecule has 0 saturated carbocycles. The van der Waals surface area contributed by atoms with E-state index in [-0.39, 0.29) is 17.1 Å². The van der Waals surface area contributed by atoms with Gasteiger partial charge in [-0.2, -0.15) is 0 Å². The molecular weight excluding hydrogens is 561 g/mol. The summed E-state index contributed by atoms with van der Waals surface area (Å²) in [4.78, 5) is 11.6. The van der Waals surface area contributed by atoms with Crippen molar-refractivity contribution in [2.45, 2.75) is 82.4 Å². The van der Waals surface area contributed by atoms with Gasteiger partial charge in [-0.15, -0.1) is 23.5 Å². The number of ether oxygens (including phenoxy) is 1. The summed E-state index contributed by atoms with van der Waals surface area (Å²) in [6, 6.07) is 21.5. The van der Waals surface area contributed by atoms with E-state index in [1.807, 2.05) is 6.08 Å². The van der Waals surface area contributed by atoms with E-state index in [1.165, 1.54) is 54.3 Å². The normalized spacial score (nSPS) is 13.5. The smallest absolute Gasteiger partial charge is 0.330 e. The van der Waals surface area contributed by atoms with Crippen molar-refractivity contribution in [1.29, 1.82) is 0 Å². The Hall–Kier alpha value is -1.99. The number of hydrogen-bond donors (Lipinski definition) is 0. The molecule has 2 aromatic carbocycles. The Morgan fingerprint density at radius 3 is 1.98 bits per heavy atom. The largest absolute Gasteiger partial charge is 0.466 e. The van der Waals surface area contributed by atoms with Crippen molar-refractivity contribution >= 4 is 48.2 Å². The summed E-state index contributed by atoms with van der Waals surface area (Å²) in [7, 11) is -1.33. The molecule has 0 N–H and O–H groups in total. The number of allylic oxidation sites excluding steroid dienone is 3. The predicted octanol–water partition coefficient (Wildman–Crippen LogP) is 8.56. The first kappa shape index (κ1) is 35.2. The van der Waals surface area contributed by atoms with Gasteiger partial charge < -0.3 is 9.16 Å². The van der Waals surface area contributed by atoms with Gasteiger partial charge >= 0.3 is 5.97 Å². The number of hydrogen-bond acceptors (Lipinski definition) is 5. The maximum absolute atomic E-state index is 11.6. The fourth-order valence-electron chi connectivity index (χ4n) is 4.98. The van der Waals surface area contributed by atoms with E-state index in [1.54, 1.807) is 6.08 Å². The molecule has 3 nitrogen and oxygen atoms in total. The zero-order valence-electron chi connectivity index (χ0n) is 25.9. The van der Waals surface area contributed by atoms with E-state index in [9.17, 15) is 4.79 Å². The molecule has 0 aliphatic carbocycles. The molecule has 0 aliphatic heterocycles. The van der Waals surface area contributed by atoms with Crippen LogP contribution in [0.15, 0.2) is 97.1 Å². The number of rotatable bonds is 18. The van der Waals surface area contributed by atoms with Gasteiger partial charge in [0.1, 0.15) is 0 Å². The minimum atomic E-state index is -2.72. The highest BCUT2D eigenvalue weighted by Crippen LogP contribution is 2.38. The van der Waals surface area contributed by atoms with Crippen LogP contribution in [0.4, 0.5) is 0 Å². The van der Waals surface area contributed by atoms with E-state index < -0.39 is 8.32 Å². The summed E-state index contributed by atoms with van der Waals surface area (Å²) < 4.78 is 12.8. The number of thioether (sulfide) groups is 2. The lowest BCUT2D eigenvalue weighted by Crippen LogP contribution is -2.67. The third kappa shape index (κ3) is 11.7. The molecule has 1 atom stereocenters. The van der Waals surface area contributed by atoms with E-state index >= 15 is 0 Å². The Labute approximate surface area is 259 Å². The van der Waals surface area contributed by atoms with Crippen LogP contribution in [0.5, 0.6) is 0 Å². The monoisotopic (exact) mass is 610 g/mol. The third-order valence-electron chi connectivity index (χ3n) is 6.92. The molecule has 6 heteroatoms. The van der Waals surface area contributed by atoms with Crippen LogP contribution in [0.25, 0.3) is 0 Å². The Kier molecular flexibility index (Phi) is 16.5. The molecule has 2 aromatic rings. The number of benzene rings is 2. The predicted molar refractivity (Wildman–Crippen MR) is 185 cm³/mol. The molecule has 0 fully saturated rings. The number of methoxy groups -OCH3 is 1. The van der Waals surface area contributed by atoms with Crippen molar-refractivity contribution < 1.29 is 14.0 Å². The SMILES string of the molecule is CCSC(CCCC/C=C\C[C@H](/C=C/C=C/C(=O)OC)O[Si](c1ccccc1)(c1ccccc1)C(C)(C)C)SCC.